The molecule has 1 saturated carbocycles. The Morgan fingerprint density at radius 2 is 1.75 bits per heavy atom. The van der Waals surface area contributed by atoms with Gasteiger partial charge < -0.3 is 19.5 Å². The second-order valence-corrected chi connectivity index (χ2v) is 6.29. The highest BCUT2D eigenvalue weighted by Gasteiger charge is 2.46. The third kappa shape index (κ3) is 3.05. The first-order valence-corrected chi connectivity index (χ1v) is 8.10. The van der Waals surface area contributed by atoms with Crippen LogP contribution in [0.2, 0.25) is 0 Å². The predicted octanol–water partition coefficient (Wildman–Crippen LogP) is 2.45. The minimum Gasteiger partial charge on any atom is -0.493 e. The van der Waals surface area contributed by atoms with Gasteiger partial charge in [0.25, 0.3) is 0 Å². The van der Waals surface area contributed by atoms with Crippen LogP contribution >= 0.6 is 0 Å². The first-order chi connectivity index (χ1) is 11.4. The Labute approximate surface area is 142 Å². The molecule has 1 atom stereocenters. The molecule has 1 fully saturated rings. The van der Waals surface area contributed by atoms with Gasteiger partial charge in [0.1, 0.15) is 6.04 Å². The van der Waals surface area contributed by atoms with E-state index in [0.717, 1.165) is 18.4 Å². The van der Waals surface area contributed by atoms with E-state index in [1.807, 2.05) is 12.1 Å². The minimum atomic E-state index is -1.01. The molecule has 0 aliphatic heterocycles. The van der Waals surface area contributed by atoms with E-state index in [1.165, 1.54) is 11.8 Å². The highest BCUT2D eigenvalue weighted by molar-refractivity contribution is 5.91. The van der Waals surface area contributed by atoms with E-state index in [-0.39, 0.29) is 5.91 Å². The van der Waals surface area contributed by atoms with E-state index >= 15 is 0 Å². The normalized spacial score (nSPS) is 17.2. The zero-order valence-corrected chi connectivity index (χ0v) is 14.7. The number of methoxy groups -OCH3 is 2. The number of hydrogen-bond donors (Lipinski definition) is 1. The lowest BCUT2D eigenvalue weighted by Gasteiger charge is -2.35. The Morgan fingerprint density at radius 1 is 1.17 bits per heavy atom. The van der Waals surface area contributed by atoms with Crippen molar-refractivity contribution in [2.24, 2.45) is 0 Å². The van der Waals surface area contributed by atoms with Crippen LogP contribution in [-0.2, 0) is 15.0 Å². The van der Waals surface area contributed by atoms with Crippen LogP contribution in [0, 0.1) is 0 Å². The van der Waals surface area contributed by atoms with Gasteiger partial charge in [0.05, 0.1) is 19.6 Å². The molecule has 132 valence electrons. The number of amides is 1. The van der Waals surface area contributed by atoms with Crippen molar-refractivity contribution in [3.63, 3.8) is 0 Å². The molecule has 6 heteroatoms. The zero-order valence-electron chi connectivity index (χ0n) is 14.7. The topological polar surface area (TPSA) is 76.1 Å². The summed E-state index contributed by atoms with van der Waals surface area (Å²) in [5, 5.41) is 9.22. The van der Waals surface area contributed by atoms with Crippen LogP contribution in [0.4, 0.5) is 0 Å². The van der Waals surface area contributed by atoms with Gasteiger partial charge in [-0.15, -0.1) is 0 Å². The number of hydrogen-bond acceptors (Lipinski definition) is 4. The van der Waals surface area contributed by atoms with E-state index in [0.29, 0.717) is 24.3 Å². The molecule has 24 heavy (non-hydrogen) atoms. The van der Waals surface area contributed by atoms with Crippen LogP contribution in [0.15, 0.2) is 18.2 Å². The van der Waals surface area contributed by atoms with Crippen LogP contribution in [0.3, 0.4) is 0 Å². The largest absolute Gasteiger partial charge is 0.493 e. The van der Waals surface area contributed by atoms with E-state index in [9.17, 15) is 14.7 Å². The maximum atomic E-state index is 13.2. The van der Waals surface area contributed by atoms with Gasteiger partial charge in [-0.05, 0) is 37.5 Å². The van der Waals surface area contributed by atoms with Gasteiger partial charge in [-0.2, -0.15) is 0 Å². The number of carbonyl (C=O) groups is 2. The fourth-order valence-electron chi connectivity index (χ4n) is 3.42. The van der Waals surface area contributed by atoms with Crippen molar-refractivity contribution in [1.82, 2.24) is 4.90 Å². The van der Waals surface area contributed by atoms with Gasteiger partial charge in [-0.1, -0.05) is 18.9 Å². The number of rotatable bonds is 6. The summed E-state index contributed by atoms with van der Waals surface area (Å²) in [5.41, 5.74) is 0.157. The first kappa shape index (κ1) is 18.1. The Balaban J connectivity index is 2.44. The maximum absolute atomic E-state index is 13.2. The van der Waals surface area contributed by atoms with E-state index in [2.05, 4.69) is 0 Å². The van der Waals surface area contributed by atoms with Crippen LogP contribution in [-0.4, -0.2) is 49.2 Å². The van der Waals surface area contributed by atoms with Gasteiger partial charge >= 0.3 is 5.97 Å². The lowest BCUT2D eigenvalue weighted by atomic mass is 9.77. The number of carboxylic acid groups (broad SMARTS) is 1. The first-order valence-electron chi connectivity index (χ1n) is 8.10. The average Bonchev–Trinajstić information content (AvgIpc) is 3.09. The van der Waals surface area contributed by atoms with Gasteiger partial charge in [0.15, 0.2) is 11.5 Å². The fraction of sp³-hybridized carbons (Fsp3) is 0.556. The number of likely N-dealkylation sites (N-methyl/N-ethyl adjacent to an activating group) is 1. The summed E-state index contributed by atoms with van der Waals surface area (Å²) in [5.74, 6) is 0.0190. The van der Waals surface area contributed by atoms with Crippen LogP contribution in [0.25, 0.3) is 0 Å². The predicted molar refractivity (Wildman–Crippen MR) is 89.6 cm³/mol. The third-order valence-corrected chi connectivity index (χ3v) is 5.06. The van der Waals surface area contributed by atoms with Gasteiger partial charge in [0, 0.05) is 7.05 Å². The Kier molecular flexibility index (Phi) is 5.36. The number of aliphatic carboxylic acids is 1. The van der Waals surface area contributed by atoms with E-state index < -0.39 is 17.4 Å². The molecule has 1 aromatic rings. The molecular formula is C18H25NO5. The fourth-order valence-corrected chi connectivity index (χ4v) is 3.42. The molecule has 0 bridgehead atoms. The van der Waals surface area contributed by atoms with Crippen molar-refractivity contribution >= 4 is 11.9 Å². The van der Waals surface area contributed by atoms with Crippen molar-refractivity contribution in [2.75, 3.05) is 21.3 Å². The standard InChI is InChI=1S/C18H25NO5/c1-12(16(20)21)19(2)17(22)18(9-5-6-10-18)13-7-8-14(23-3)15(11-13)24-4/h7-8,11-12H,5-6,9-10H2,1-4H3,(H,20,21). The van der Waals surface area contributed by atoms with E-state index in [1.54, 1.807) is 27.3 Å². The molecule has 1 unspecified atom stereocenters. The molecule has 0 saturated heterocycles. The number of nitrogens with zero attached hydrogens (tertiary/aromatic N) is 1. The summed E-state index contributed by atoms with van der Waals surface area (Å²) in [6, 6.07) is 4.64. The minimum absolute atomic E-state index is 0.151. The summed E-state index contributed by atoms with van der Waals surface area (Å²) in [4.78, 5) is 25.8. The molecule has 2 rings (SSSR count). The Hall–Kier alpha value is -2.24. The van der Waals surface area contributed by atoms with Crippen LogP contribution in [0.1, 0.15) is 38.2 Å². The molecule has 1 amide bonds. The monoisotopic (exact) mass is 335 g/mol. The number of carboxylic acids is 1. The van der Waals surface area contributed by atoms with Crippen LogP contribution < -0.4 is 9.47 Å². The summed E-state index contributed by atoms with van der Waals surface area (Å²) >= 11 is 0. The summed E-state index contributed by atoms with van der Waals surface area (Å²) in [7, 11) is 4.68. The highest BCUT2D eigenvalue weighted by Crippen LogP contribution is 2.45. The number of carbonyl (C=O) groups excluding carboxylic acids is 1. The summed E-state index contributed by atoms with van der Waals surface area (Å²) in [6.07, 6.45) is 3.29. The number of ether oxygens (including phenoxy) is 2. The molecule has 6 nitrogen and oxygen atoms in total. The van der Waals surface area contributed by atoms with Gasteiger partial charge in [0.2, 0.25) is 5.91 Å². The Bertz CT molecular complexity index is 622. The lowest BCUT2D eigenvalue weighted by molar-refractivity contribution is -0.150. The van der Waals surface area contributed by atoms with Crippen molar-refractivity contribution in [2.45, 2.75) is 44.1 Å². The van der Waals surface area contributed by atoms with E-state index in [4.69, 9.17) is 9.47 Å². The van der Waals surface area contributed by atoms with Crippen molar-refractivity contribution < 1.29 is 24.2 Å². The van der Waals surface area contributed by atoms with Gasteiger partial charge in [-0.25, -0.2) is 4.79 Å². The van der Waals surface area contributed by atoms with Crippen molar-refractivity contribution in [3.8, 4) is 11.5 Å². The van der Waals surface area contributed by atoms with Gasteiger partial charge in [-0.3, -0.25) is 4.79 Å². The summed E-state index contributed by atoms with van der Waals surface area (Å²) in [6.45, 7) is 1.53. The average molecular weight is 335 g/mol. The molecule has 1 aliphatic carbocycles. The number of benzene rings is 1. The molecule has 0 heterocycles. The zero-order chi connectivity index (χ0) is 17.9. The second kappa shape index (κ2) is 7.11. The van der Waals surface area contributed by atoms with Crippen molar-refractivity contribution in [3.05, 3.63) is 23.8 Å². The SMILES string of the molecule is COc1ccc(C2(C(=O)N(C)C(C)C(=O)O)CCCC2)cc1OC. The molecule has 0 spiro atoms. The maximum Gasteiger partial charge on any atom is 0.326 e. The molecule has 1 N–H and O–H groups in total. The molecular weight excluding hydrogens is 310 g/mol. The quantitative estimate of drug-likeness (QED) is 0.864. The Morgan fingerprint density at radius 3 is 2.25 bits per heavy atom. The third-order valence-electron chi connectivity index (χ3n) is 5.06. The summed E-state index contributed by atoms with van der Waals surface area (Å²) < 4.78 is 10.6. The molecule has 0 radical (unpaired) electrons. The smallest absolute Gasteiger partial charge is 0.326 e. The molecule has 1 aliphatic rings. The second-order valence-electron chi connectivity index (χ2n) is 6.29. The molecule has 0 aromatic heterocycles. The van der Waals surface area contributed by atoms with Crippen molar-refractivity contribution in [1.29, 1.82) is 0 Å². The van der Waals surface area contributed by atoms with Crippen LogP contribution in [0.5, 0.6) is 11.5 Å². The highest BCUT2D eigenvalue weighted by atomic mass is 16.5. The molecule has 1 aromatic carbocycles. The lowest BCUT2D eigenvalue weighted by Crippen LogP contribution is -2.49.